The van der Waals surface area contributed by atoms with E-state index in [1.54, 1.807) is 0 Å². The van der Waals surface area contributed by atoms with Gasteiger partial charge in [0.15, 0.2) is 0 Å². The third-order valence-corrected chi connectivity index (χ3v) is 2.38. The van der Waals surface area contributed by atoms with Crippen molar-refractivity contribution >= 4 is 21.7 Å². The summed E-state index contributed by atoms with van der Waals surface area (Å²) in [4.78, 5) is 6.62. The summed E-state index contributed by atoms with van der Waals surface area (Å²) in [7, 11) is 0. The van der Waals surface area contributed by atoms with E-state index in [4.69, 9.17) is 0 Å². The number of hydrogen-bond acceptors (Lipinski definition) is 2. The smallest absolute Gasteiger partial charge is 0.128 e. The van der Waals surface area contributed by atoms with Crippen molar-refractivity contribution in [1.82, 2.24) is 4.98 Å². The zero-order valence-electron chi connectivity index (χ0n) is 8.13. The molecule has 1 heterocycles. The number of halogens is 1. The third kappa shape index (κ3) is 2.99. The normalized spacial score (nSPS) is 10.1. The Kier molecular flexibility index (Phi) is 4.22. The molecular weight excluding hydrogens is 228 g/mol. The van der Waals surface area contributed by atoms with E-state index in [0.717, 1.165) is 29.8 Å². The number of nitrogens with zero attached hydrogens (tertiary/aromatic N) is 2. The number of pyridine rings is 1. The maximum atomic E-state index is 4.35. The topological polar surface area (TPSA) is 16.1 Å². The second kappa shape index (κ2) is 5.22. The van der Waals surface area contributed by atoms with Crippen molar-refractivity contribution in [2.75, 3.05) is 18.0 Å². The molecule has 1 aromatic rings. The highest BCUT2D eigenvalue weighted by atomic mass is 79.9. The molecule has 0 radical (unpaired) electrons. The maximum Gasteiger partial charge on any atom is 0.128 e. The van der Waals surface area contributed by atoms with Crippen molar-refractivity contribution in [2.24, 2.45) is 0 Å². The first-order chi connectivity index (χ1) is 6.27. The Bertz CT molecular complexity index is 246. The highest BCUT2D eigenvalue weighted by molar-refractivity contribution is 9.10. The summed E-state index contributed by atoms with van der Waals surface area (Å²) in [5.41, 5.74) is 0. The summed E-state index contributed by atoms with van der Waals surface area (Å²) in [6, 6.07) is 4.07. The Hall–Kier alpha value is -0.570. The monoisotopic (exact) mass is 242 g/mol. The molecule has 0 saturated heterocycles. The van der Waals surface area contributed by atoms with Gasteiger partial charge in [-0.05, 0) is 41.4 Å². The van der Waals surface area contributed by atoms with Crippen LogP contribution in [0.2, 0.25) is 0 Å². The first-order valence-corrected chi connectivity index (χ1v) is 5.43. The molecule has 2 nitrogen and oxygen atoms in total. The van der Waals surface area contributed by atoms with E-state index in [0.29, 0.717) is 0 Å². The van der Waals surface area contributed by atoms with Gasteiger partial charge in [-0.2, -0.15) is 0 Å². The van der Waals surface area contributed by atoms with Gasteiger partial charge in [0.2, 0.25) is 0 Å². The molecule has 0 saturated carbocycles. The van der Waals surface area contributed by atoms with Crippen LogP contribution in [0.1, 0.15) is 20.3 Å². The molecule has 0 atom stereocenters. The van der Waals surface area contributed by atoms with Crippen molar-refractivity contribution in [1.29, 1.82) is 0 Å². The van der Waals surface area contributed by atoms with Gasteiger partial charge in [0.25, 0.3) is 0 Å². The van der Waals surface area contributed by atoms with Crippen LogP contribution in [0, 0.1) is 0 Å². The lowest BCUT2D eigenvalue weighted by molar-refractivity contribution is 0.778. The lowest BCUT2D eigenvalue weighted by Gasteiger charge is -2.20. The van der Waals surface area contributed by atoms with Crippen LogP contribution in [0.4, 0.5) is 5.82 Å². The third-order valence-electron chi connectivity index (χ3n) is 1.91. The van der Waals surface area contributed by atoms with E-state index < -0.39 is 0 Å². The van der Waals surface area contributed by atoms with E-state index in [-0.39, 0.29) is 0 Å². The van der Waals surface area contributed by atoms with Gasteiger partial charge in [0.1, 0.15) is 5.82 Å². The van der Waals surface area contributed by atoms with Gasteiger partial charge in [-0.15, -0.1) is 0 Å². The van der Waals surface area contributed by atoms with Crippen LogP contribution in [0.3, 0.4) is 0 Å². The van der Waals surface area contributed by atoms with Crippen LogP contribution in [0.25, 0.3) is 0 Å². The van der Waals surface area contributed by atoms with E-state index in [1.165, 1.54) is 0 Å². The molecule has 72 valence electrons. The van der Waals surface area contributed by atoms with Crippen molar-refractivity contribution < 1.29 is 0 Å². The molecule has 0 spiro atoms. The molecule has 1 rings (SSSR count). The van der Waals surface area contributed by atoms with Gasteiger partial charge in [-0.25, -0.2) is 4.98 Å². The molecule has 0 aliphatic carbocycles. The number of hydrogen-bond donors (Lipinski definition) is 0. The zero-order valence-corrected chi connectivity index (χ0v) is 9.71. The molecule has 0 aliphatic rings. The number of anilines is 1. The van der Waals surface area contributed by atoms with Crippen LogP contribution in [0.15, 0.2) is 22.8 Å². The molecule has 0 aromatic carbocycles. The first-order valence-electron chi connectivity index (χ1n) is 4.64. The average molecular weight is 243 g/mol. The van der Waals surface area contributed by atoms with Gasteiger partial charge in [-0.1, -0.05) is 6.92 Å². The lowest BCUT2D eigenvalue weighted by atomic mass is 10.3. The minimum Gasteiger partial charge on any atom is -0.357 e. The van der Waals surface area contributed by atoms with Gasteiger partial charge in [-0.3, -0.25) is 0 Å². The molecule has 0 amide bonds. The Labute approximate surface area is 88.1 Å². The van der Waals surface area contributed by atoms with Gasteiger partial charge >= 0.3 is 0 Å². The average Bonchev–Trinajstić information content (AvgIpc) is 2.16. The van der Waals surface area contributed by atoms with Crippen LogP contribution in [-0.4, -0.2) is 18.1 Å². The van der Waals surface area contributed by atoms with Crippen LogP contribution in [-0.2, 0) is 0 Å². The molecule has 1 aromatic heterocycles. The Balaban J connectivity index is 2.73. The van der Waals surface area contributed by atoms with Crippen molar-refractivity contribution in [3.63, 3.8) is 0 Å². The van der Waals surface area contributed by atoms with Crippen LogP contribution in [0.5, 0.6) is 0 Å². The second-order valence-electron chi connectivity index (χ2n) is 2.91. The first kappa shape index (κ1) is 10.5. The summed E-state index contributed by atoms with van der Waals surface area (Å²) in [5, 5.41) is 0. The Morgan fingerprint density at radius 2 is 2.15 bits per heavy atom. The van der Waals surface area contributed by atoms with Gasteiger partial charge < -0.3 is 4.90 Å². The highest BCUT2D eigenvalue weighted by Crippen LogP contribution is 2.14. The summed E-state index contributed by atoms with van der Waals surface area (Å²) >= 11 is 3.37. The maximum absolute atomic E-state index is 4.35. The second-order valence-corrected chi connectivity index (χ2v) is 3.83. The number of aromatic nitrogens is 1. The highest BCUT2D eigenvalue weighted by Gasteiger charge is 2.02. The fraction of sp³-hybridized carbons (Fsp3) is 0.500. The summed E-state index contributed by atoms with van der Waals surface area (Å²) in [6.07, 6.45) is 3.00. The lowest BCUT2D eigenvalue weighted by Crippen LogP contribution is -2.24. The standard InChI is InChI=1S/C10H15BrN2/c1-3-7-13(4-2)10-6-5-9(11)8-12-10/h5-6,8H,3-4,7H2,1-2H3. The van der Waals surface area contributed by atoms with Crippen molar-refractivity contribution in [2.45, 2.75) is 20.3 Å². The van der Waals surface area contributed by atoms with E-state index in [1.807, 2.05) is 18.3 Å². The van der Waals surface area contributed by atoms with Crippen LogP contribution < -0.4 is 4.90 Å². The largest absolute Gasteiger partial charge is 0.357 e. The van der Waals surface area contributed by atoms with E-state index in [2.05, 4.69) is 39.7 Å². The zero-order chi connectivity index (χ0) is 9.68. The minimum atomic E-state index is 1.02. The fourth-order valence-electron chi connectivity index (χ4n) is 1.26. The number of rotatable bonds is 4. The Morgan fingerprint density at radius 3 is 2.62 bits per heavy atom. The predicted octanol–water partition coefficient (Wildman–Crippen LogP) is 3.08. The Morgan fingerprint density at radius 1 is 1.38 bits per heavy atom. The molecule has 0 N–H and O–H groups in total. The molecule has 0 fully saturated rings. The molecule has 0 unspecified atom stereocenters. The predicted molar refractivity (Wildman–Crippen MR) is 60.1 cm³/mol. The molecule has 0 bridgehead atoms. The molecule has 13 heavy (non-hydrogen) atoms. The summed E-state index contributed by atoms with van der Waals surface area (Å²) in [6.45, 7) is 6.43. The van der Waals surface area contributed by atoms with Gasteiger partial charge in [0.05, 0.1) is 0 Å². The molecule has 0 aliphatic heterocycles. The quantitative estimate of drug-likeness (QED) is 0.807. The summed E-state index contributed by atoms with van der Waals surface area (Å²) in [5.74, 6) is 1.06. The van der Waals surface area contributed by atoms with Crippen molar-refractivity contribution in [3.05, 3.63) is 22.8 Å². The van der Waals surface area contributed by atoms with E-state index >= 15 is 0 Å². The molecule has 3 heteroatoms. The fourth-order valence-corrected chi connectivity index (χ4v) is 1.49. The molecular formula is C10H15BrN2. The van der Waals surface area contributed by atoms with Crippen LogP contribution >= 0.6 is 15.9 Å². The van der Waals surface area contributed by atoms with E-state index in [9.17, 15) is 0 Å². The van der Waals surface area contributed by atoms with Gasteiger partial charge in [0, 0.05) is 23.8 Å². The van der Waals surface area contributed by atoms with Crippen molar-refractivity contribution in [3.8, 4) is 0 Å². The SMILES string of the molecule is CCCN(CC)c1ccc(Br)cn1. The minimum absolute atomic E-state index is 1.02. The summed E-state index contributed by atoms with van der Waals surface area (Å²) < 4.78 is 1.03.